The van der Waals surface area contributed by atoms with Crippen LogP contribution in [-0.4, -0.2) is 50.1 Å². The van der Waals surface area contributed by atoms with Gasteiger partial charge in [-0.3, -0.25) is 4.99 Å². The lowest BCUT2D eigenvalue weighted by atomic mass is 10.1. The highest BCUT2D eigenvalue weighted by Crippen LogP contribution is 2.14. The number of hydrogen-bond donors (Lipinski definition) is 2. The molecule has 1 aliphatic rings. The molecule has 1 saturated heterocycles. The zero-order valence-electron chi connectivity index (χ0n) is 15.6. The minimum atomic E-state index is 0. The van der Waals surface area contributed by atoms with Crippen LogP contribution in [0.3, 0.4) is 0 Å². The fourth-order valence-electron chi connectivity index (χ4n) is 3.29. The van der Waals surface area contributed by atoms with Gasteiger partial charge in [0.1, 0.15) is 0 Å². The van der Waals surface area contributed by atoms with Crippen LogP contribution in [0, 0.1) is 13.8 Å². The highest BCUT2D eigenvalue weighted by Gasteiger charge is 2.20. The van der Waals surface area contributed by atoms with E-state index in [9.17, 15) is 0 Å². The summed E-state index contributed by atoms with van der Waals surface area (Å²) < 4.78 is 0. The van der Waals surface area contributed by atoms with Crippen molar-refractivity contribution in [1.82, 2.24) is 15.5 Å². The fraction of sp³-hybridized carbons (Fsp3) is 0.632. The summed E-state index contributed by atoms with van der Waals surface area (Å²) >= 11 is 0. The first-order valence-electron chi connectivity index (χ1n) is 8.88. The number of likely N-dealkylation sites (N-methyl/N-ethyl adjacent to an activating group) is 1. The average molecular weight is 444 g/mol. The van der Waals surface area contributed by atoms with Crippen LogP contribution >= 0.6 is 24.0 Å². The molecule has 1 fully saturated rings. The summed E-state index contributed by atoms with van der Waals surface area (Å²) in [7, 11) is 2.20. The fourth-order valence-corrected chi connectivity index (χ4v) is 3.29. The molecule has 0 aliphatic carbocycles. The molecule has 0 saturated carbocycles. The SMILES string of the molecule is CCNC(=NCC1CCCN1C)NCCc1cc(C)cc(C)c1.I. The van der Waals surface area contributed by atoms with Crippen molar-refractivity contribution in [3.63, 3.8) is 0 Å². The minimum Gasteiger partial charge on any atom is -0.357 e. The normalized spacial score (nSPS) is 18.3. The molecule has 0 amide bonds. The van der Waals surface area contributed by atoms with E-state index in [0.29, 0.717) is 6.04 Å². The molecule has 1 atom stereocenters. The Morgan fingerprint density at radius 3 is 2.50 bits per heavy atom. The van der Waals surface area contributed by atoms with E-state index < -0.39 is 0 Å². The van der Waals surface area contributed by atoms with Crippen molar-refractivity contribution < 1.29 is 0 Å². The second kappa shape index (κ2) is 10.9. The molecule has 0 bridgehead atoms. The van der Waals surface area contributed by atoms with Crippen LogP contribution in [0.15, 0.2) is 23.2 Å². The van der Waals surface area contributed by atoms with Gasteiger partial charge >= 0.3 is 0 Å². The predicted molar refractivity (Wildman–Crippen MR) is 115 cm³/mol. The Labute approximate surface area is 164 Å². The monoisotopic (exact) mass is 444 g/mol. The molecule has 2 N–H and O–H groups in total. The molecule has 24 heavy (non-hydrogen) atoms. The lowest BCUT2D eigenvalue weighted by Gasteiger charge is -2.18. The molecule has 1 aliphatic heterocycles. The number of aryl methyl sites for hydroxylation is 2. The Bertz CT molecular complexity index is 510. The van der Waals surface area contributed by atoms with Crippen molar-refractivity contribution in [2.75, 3.05) is 33.2 Å². The van der Waals surface area contributed by atoms with Gasteiger partial charge in [0.15, 0.2) is 5.96 Å². The topological polar surface area (TPSA) is 39.7 Å². The first kappa shape index (κ1) is 21.2. The molecule has 0 aromatic heterocycles. The molecular formula is C19H33IN4. The molecule has 1 aromatic carbocycles. The van der Waals surface area contributed by atoms with Gasteiger partial charge in [-0.25, -0.2) is 0 Å². The number of rotatable bonds is 6. The van der Waals surface area contributed by atoms with E-state index >= 15 is 0 Å². The third kappa shape index (κ3) is 6.97. The van der Waals surface area contributed by atoms with Crippen molar-refractivity contribution in [3.05, 3.63) is 34.9 Å². The van der Waals surface area contributed by atoms with Crippen LogP contribution in [0.2, 0.25) is 0 Å². The number of nitrogens with one attached hydrogen (secondary N) is 2. The Hall–Kier alpha value is -0.820. The van der Waals surface area contributed by atoms with Gasteiger partial charge in [0.2, 0.25) is 0 Å². The van der Waals surface area contributed by atoms with Crippen LogP contribution in [0.5, 0.6) is 0 Å². The summed E-state index contributed by atoms with van der Waals surface area (Å²) in [5.74, 6) is 0.942. The first-order valence-corrected chi connectivity index (χ1v) is 8.88. The second-order valence-corrected chi connectivity index (χ2v) is 6.67. The number of benzene rings is 1. The van der Waals surface area contributed by atoms with E-state index in [4.69, 9.17) is 4.99 Å². The maximum atomic E-state index is 4.76. The van der Waals surface area contributed by atoms with E-state index in [-0.39, 0.29) is 24.0 Å². The van der Waals surface area contributed by atoms with Crippen molar-refractivity contribution in [2.24, 2.45) is 4.99 Å². The Morgan fingerprint density at radius 1 is 1.21 bits per heavy atom. The number of halogens is 1. The van der Waals surface area contributed by atoms with Gasteiger partial charge in [-0.1, -0.05) is 29.3 Å². The molecular weight excluding hydrogens is 411 g/mol. The summed E-state index contributed by atoms with van der Waals surface area (Å²) in [5.41, 5.74) is 4.07. The van der Waals surface area contributed by atoms with Gasteiger partial charge in [0.05, 0.1) is 6.54 Å². The van der Waals surface area contributed by atoms with Crippen LogP contribution in [0.1, 0.15) is 36.5 Å². The van der Waals surface area contributed by atoms with Crippen molar-refractivity contribution in [2.45, 2.75) is 46.1 Å². The van der Waals surface area contributed by atoms with Gasteiger partial charge in [-0.15, -0.1) is 24.0 Å². The molecule has 136 valence electrons. The van der Waals surface area contributed by atoms with Crippen LogP contribution in [0.4, 0.5) is 0 Å². The second-order valence-electron chi connectivity index (χ2n) is 6.67. The lowest BCUT2D eigenvalue weighted by molar-refractivity contribution is 0.317. The van der Waals surface area contributed by atoms with E-state index in [2.05, 4.69) is 61.6 Å². The Kier molecular flexibility index (Phi) is 9.66. The number of guanidine groups is 1. The average Bonchev–Trinajstić information content (AvgIpc) is 2.89. The molecule has 1 aromatic rings. The highest BCUT2D eigenvalue weighted by atomic mass is 127. The van der Waals surface area contributed by atoms with E-state index in [1.807, 2.05) is 0 Å². The van der Waals surface area contributed by atoms with Gasteiger partial charge in [-0.2, -0.15) is 0 Å². The maximum Gasteiger partial charge on any atom is 0.191 e. The van der Waals surface area contributed by atoms with Gasteiger partial charge in [-0.05, 0) is 59.2 Å². The van der Waals surface area contributed by atoms with Crippen LogP contribution in [0.25, 0.3) is 0 Å². The van der Waals surface area contributed by atoms with Gasteiger partial charge in [0, 0.05) is 19.1 Å². The summed E-state index contributed by atoms with van der Waals surface area (Å²) in [6, 6.07) is 7.36. The summed E-state index contributed by atoms with van der Waals surface area (Å²) in [6.07, 6.45) is 3.59. The molecule has 4 nitrogen and oxygen atoms in total. The summed E-state index contributed by atoms with van der Waals surface area (Å²) in [4.78, 5) is 7.18. The summed E-state index contributed by atoms with van der Waals surface area (Å²) in [5, 5.41) is 6.82. The van der Waals surface area contributed by atoms with Gasteiger partial charge in [0.25, 0.3) is 0 Å². The van der Waals surface area contributed by atoms with E-state index in [1.165, 1.54) is 36.1 Å². The van der Waals surface area contributed by atoms with Gasteiger partial charge < -0.3 is 15.5 Å². The third-order valence-corrected chi connectivity index (χ3v) is 4.46. The van der Waals surface area contributed by atoms with Crippen molar-refractivity contribution >= 4 is 29.9 Å². The lowest BCUT2D eigenvalue weighted by Crippen LogP contribution is -2.39. The standard InChI is InChI=1S/C19H32N4.HI/c1-5-20-19(22-14-18-7-6-10-23(18)4)21-9-8-17-12-15(2)11-16(3)13-17;/h11-13,18H,5-10,14H2,1-4H3,(H2,20,21,22);1H. The number of likely N-dealkylation sites (tertiary alicyclic amines) is 1. The predicted octanol–water partition coefficient (Wildman–Crippen LogP) is 3.11. The third-order valence-electron chi connectivity index (χ3n) is 4.46. The molecule has 0 radical (unpaired) electrons. The van der Waals surface area contributed by atoms with Crippen LogP contribution < -0.4 is 10.6 Å². The van der Waals surface area contributed by atoms with Crippen LogP contribution in [-0.2, 0) is 6.42 Å². The summed E-state index contributed by atoms with van der Waals surface area (Å²) in [6.45, 7) is 10.3. The zero-order valence-corrected chi connectivity index (χ0v) is 17.9. The Morgan fingerprint density at radius 2 is 1.92 bits per heavy atom. The zero-order chi connectivity index (χ0) is 16.7. The number of hydrogen-bond acceptors (Lipinski definition) is 2. The molecule has 5 heteroatoms. The quantitative estimate of drug-likeness (QED) is 0.403. The largest absolute Gasteiger partial charge is 0.357 e. The molecule has 0 spiro atoms. The Balaban J connectivity index is 0.00000288. The van der Waals surface area contributed by atoms with Crippen molar-refractivity contribution in [1.29, 1.82) is 0 Å². The van der Waals surface area contributed by atoms with E-state index in [0.717, 1.165) is 32.0 Å². The number of aliphatic imine (C=N–C) groups is 1. The number of nitrogens with zero attached hydrogens (tertiary/aromatic N) is 2. The minimum absolute atomic E-state index is 0. The van der Waals surface area contributed by atoms with Crippen molar-refractivity contribution in [3.8, 4) is 0 Å². The molecule has 1 heterocycles. The molecule has 2 rings (SSSR count). The first-order chi connectivity index (χ1) is 11.1. The maximum absolute atomic E-state index is 4.76. The van der Waals surface area contributed by atoms with E-state index in [1.54, 1.807) is 0 Å². The smallest absolute Gasteiger partial charge is 0.191 e. The highest BCUT2D eigenvalue weighted by molar-refractivity contribution is 14.0. The molecule has 1 unspecified atom stereocenters.